The molecule has 0 saturated heterocycles. The maximum atomic E-state index is 11.4. The SMILES string of the molecule is Cc1cc(=O)oc2ccc(OCC(=O)N(C)C)cc12. The lowest BCUT2D eigenvalue weighted by molar-refractivity contribution is -0.130. The van der Waals surface area contributed by atoms with Gasteiger partial charge in [-0.2, -0.15) is 0 Å². The van der Waals surface area contributed by atoms with Gasteiger partial charge in [-0.05, 0) is 30.7 Å². The van der Waals surface area contributed by atoms with Gasteiger partial charge in [0, 0.05) is 25.5 Å². The zero-order valence-electron chi connectivity index (χ0n) is 11.1. The van der Waals surface area contributed by atoms with Gasteiger partial charge in [-0.25, -0.2) is 4.79 Å². The van der Waals surface area contributed by atoms with Crippen molar-refractivity contribution in [3.05, 3.63) is 40.2 Å². The molecule has 1 aromatic heterocycles. The third kappa shape index (κ3) is 2.93. The average Bonchev–Trinajstić information content (AvgIpc) is 2.35. The molecule has 0 N–H and O–H groups in total. The summed E-state index contributed by atoms with van der Waals surface area (Å²) in [7, 11) is 3.34. The predicted molar refractivity (Wildman–Crippen MR) is 71.4 cm³/mol. The Morgan fingerprint density at radius 1 is 1.32 bits per heavy atom. The lowest BCUT2D eigenvalue weighted by Crippen LogP contribution is -2.27. The van der Waals surface area contributed by atoms with E-state index in [0.29, 0.717) is 11.3 Å². The van der Waals surface area contributed by atoms with E-state index < -0.39 is 0 Å². The molecule has 2 rings (SSSR count). The van der Waals surface area contributed by atoms with Crippen molar-refractivity contribution in [3.8, 4) is 5.75 Å². The second-order valence-corrected chi connectivity index (χ2v) is 4.48. The molecule has 0 fully saturated rings. The topological polar surface area (TPSA) is 59.8 Å². The molecular formula is C14H15NO4. The van der Waals surface area contributed by atoms with E-state index in [9.17, 15) is 9.59 Å². The van der Waals surface area contributed by atoms with E-state index in [-0.39, 0.29) is 18.1 Å². The van der Waals surface area contributed by atoms with Gasteiger partial charge in [0.1, 0.15) is 11.3 Å². The van der Waals surface area contributed by atoms with Gasteiger partial charge in [0.15, 0.2) is 6.61 Å². The number of nitrogens with zero attached hydrogens (tertiary/aromatic N) is 1. The van der Waals surface area contributed by atoms with Gasteiger partial charge in [-0.3, -0.25) is 4.79 Å². The van der Waals surface area contributed by atoms with Crippen molar-refractivity contribution in [2.45, 2.75) is 6.92 Å². The molecule has 5 heteroatoms. The Labute approximate surface area is 110 Å². The third-order valence-electron chi connectivity index (χ3n) is 2.78. The van der Waals surface area contributed by atoms with Gasteiger partial charge < -0.3 is 14.1 Å². The van der Waals surface area contributed by atoms with E-state index in [2.05, 4.69) is 0 Å². The molecule has 1 amide bonds. The van der Waals surface area contributed by atoms with Crippen molar-refractivity contribution in [2.24, 2.45) is 0 Å². The number of aryl methyl sites for hydroxylation is 1. The van der Waals surface area contributed by atoms with E-state index in [0.717, 1.165) is 10.9 Å². The van der Waals surface area contributed by atoms with Crippen molar-refractivity contribution in [2.75, 3.05) is 20.7 Å². The molecule has 0 aliphatic heterocycles. The van der Waals surface area contributed by atoms with Crippen LogP contribution in [0.3, 0.4) is 0 Å². The van der Waals surface area contributed by atoms with Crippen molar-refractivity contribution in [1.29, 1.82) is 0 Å². The van der Waals surface area contributed by atoms with Crippen LogP contribution in [0.5, 0.6) is 5.75 Å². The Hall–Kier alpha value is -2.30. The fourth-order valence-electron chi connectivity index (χ4n) is 1.66. The molecule has 0 aliphatic carbocycles. The van der Waals surface area contributed by atoms with Gasteiger partial charge in [-0.15, -0.1) is 0 Å². The minimum atomic E-state index is -0.374. The number of ether oxygens (including phenoxy) is 1. The van der Waals surface area contributed by atoms with E-state index in [1.165, 1.54) is 11.0 Å². The van der Waals surface area contributed by atoms with Crippen LogP contribution >= 0.6 is 0 Å². The normalized spacial score (nSPS) is 10.5. The Bertz CT molecular complexity index is 673. The highest BCUT2D eigenvalue weighted by atomic mass is 16.5. The molecular weight excluding hydrogens is 246 g/mol. The van der Waals surface area contributed by atoms with E-state index in [1.807, 2.05) is 6.92 Å². The van der Waals surface area contributed by atoms with Crippen LogP contribution in [0.4, 0.5) is 0 Å². The van der Waals surface area contributed by atoms with Gasteiger partial charge in [0.25, 0.3) is 5.91 Å². The summed E-state index contributed by atoms with van der Waals surface area (Å²) in [4.78, 5) is 24.1. The molecule has 2 aromatic rings. The first-order chi connectivity index (χ1) is 8.97. The highest BCUT2D eigenvalue weighted by Gasteiger charge is 2.07. The van der Waals surface area contributed by atoms with Crippen LogP contribution in [0.1, 0.15) is 5.56 Å². The number of hydrogen-bond donors (Lipinski definition) is 0. The van der Waals surface area contributed by atoms with Crippen LogP contribution in [0.25, 0.3) is 11.0 Å². The summed E-state index contributed by atoms with van der Waals surface area (Å²) in [6.07, 6.45) is 0. The molecule has 0 bridgehead atoms. The summed E-state index contributed by atoms with van der Waals surface area (Å²) in [6, 6.07) is 6.53. The highest BCUT2D eigenvalue weighted by molar-refractivity contribution is 5.82. The van der Waals surface area contributed by atoms with Crippen LogP contribution in [0, 0.1) is 6.92 Å². The average molecular weight is 261 g/mol. The molecule has 0 atom stereocenters. The van der Waals surface area contributed by atoms with Crippen molar-refractivity contribution in [3.63, 3.8) is 0 Å². The number of benzene rings is 1. The lowest BCUT2D eigenvalue weighted by atomic mass is 10.1. The fourth-order valence-corrected chi connectivity index (χ4v) is 1.66. The molecule has 0 saturated carbocycles. The van der Waals surface area contributed by atoms with Gasteiger partial charge >= 0.3 is 5.63 Å². The third-order valence-corrected chi connectivity index (χ3v) is 2.78. The van der Waals surface area contributed by atoms with Crippen molar-refractivity contribution in [1.82, 2.24) is 4.90 Å². The van der Waals surface area contributed by atoms with E-state index >= 15 is 0 Å². The van der Waals surface area contributed by atoms with Gasteiger partial charge in [-0.1, -0.05) is 0 Å². The van der Waals surface area contributed by atoms with Gasteiger partial charge in [0.2, 0.25) is 0 Å². The summed E-state index contributed by atoms with van der Waals surface area (Å²) in [5.41, 5.74) is 0.952. The summed E-state index contributed by atoms with van der Waals surface area (Å²) in [5, 5.41) is 0.800. The quantitative estimate of drug-likeness (QED) is 0.787. The minimum Gasteiger partial charge on any atom is -0.484 e. The number of carbonyl (C=O) groups is 1. The molecule has 19 heavy (non-hydrogen) atoms. The summed E-state index contributed by atoms with van der Waals surface area (Å²) in [6.45, 7) is 1.81. The summed E-state index contributed by atoms with van der Waals surface area (Å²) >= 11 is 0. The monoisotopic (exact) mass is 261 g/mol. The van der Waals surface area contributed by atoms with Crippen LogP contribution < -0.4 is 10.4 Å². The maximum Gasteiger partial charge on any atom is 0.336 e. The molecule has 1 heterocycles. The molecule has 100 valence electrons. The molecule has 0 aliphatic rings. The number of hydrogen-bond acceptors (Lipinski definition) is 4. The number of amides is 1. The number of rotatable bonds is 3. The Kier molecular flexibility index (Phi) is 3.55. The largest absolute Gasteiger partial charge is 0.484 e. The smallest absolute Gasteiger partial charge is 0.336 e. The summed E-state index contributed by atoms with van der Waals surface area (Å²) in [5.74, 6) is 0.455. The predicted octanol–water partition coefficient (Wildman–Crippen LogP) is 1.57. The first-order valence-corrected chi connectivity index (χ1v) is 5.85. The highest BCUT2D eigenvalue weighted by Crippen LogP contribution is 2.22. The first kappa shape index (κ1) is 13.1. The number of fused-ring (bicyclic) bond motifs is 1. The number of carbonyl (C=O) groups excluding carboxylic acids is 1. The molecule has 1 aromatic carbocycles. The first-order valence-electron chi connectivity index (χ1n) is 5.85. The second-order valence-electron chi connectivity index (χ2n) is 4.48. The molecule has 5 nitrogen and oxygen atoms in total. The molecule has 0 spiro atoms. The second kappa shape index (κ2) is 5.14. The Morgan fingerprint density at radius 3 is 2.74 bits per heavy atom. The Morgan fingerprint density at radius 2 is 2.05 bits per heavy atom. The van der Waals surface area contributed by atoms with Crippen LogP contribution in [0.2, 0.25) is 0 Å². The van der Waals surface area contributed by atoms with Crippen LogP contribution in [-0.4, -0.2) is 31.5 Å². The van der Waals surface area contributed by atoms with Crippen molar-refractivity contribution >= 4 is 16.9 Å². The van der Waals surface area contributed by atoms with E-state index in [1.54, 1.807) is 32.3 Å². The summed E-state index contributed by atoms with van der Waals surface area (Å²) < 4.78 is 10.5. The standard InChI is InChI=1S/C14H15NO4/c1-9-6-14(17)19-12-5-4-10(7-11(9)12)18-8-13(16)15(2)3/h4-7H,8H2,1-3H3. The zero-order valence-corrected chi connectivity index (χ0v) is 11.1. The van der Waals surface area contributed by atoms with Gasteiger partial charge in [0.05, 0.1) is 0 Å². The van der Waals surface area contributed by atoms with E-state index in [4.69, 9.17) is 9.15 Å². The molecule has 0 radical (unpaired) electrons. The Balaban J connectivity index is 2.27. The fraction of sp³-hybridized carbons (Fsp3) is 0.286. The van der Waals surface area contributed by atoms with Crippen LogP contribution in [0.15, 0.2) is 33.5 Å². The van der Waals surface area contributed by atoms with Crippen molar-refractivity contribution < 1.29 is 13.9 Å². The zero-order chi connectivity index (χ0) is 14.0. The van der Waals surface area contributed by atoms with Crippen LogP contribution in [-0.2, 0) is 4.79 Å². The lowest BCUT2D eigenvalue weighted by Gasteiger charge is -2.11. The minimum absolute atomic E-state index is 0.0195. The maximum absolute atomic E-state index is 11.4. The number of likely N-dealkylation sites (N-methyl/N-ethyl adjacent to an activating group) is 1. The molecule has 0 unspecified atom stereocenters.